The largest absolute Gasteiger partial charge is 0.481 e. The van der Waals surface area contributed by atoms with Crippen molar-refractivity contribution in [3.63, 3.8) is 0 Å². The van der Waals surface area contributed by atoms with Crippen molar-refractivity contribution < 1.29 is 14.7 Å². The first-order valence-electron chi connectivity index (χ1n) is 5.98. The number of aliphatic carboxylic acids is 1. The molecule has 0 bridgehead atoms. The second-order valence-electron chi connectivity index (χ2n) is 5.16. The first kappa shape index (κ1) is 14.0. The Morgan fingerprint density at radius 2 is 2.26 bits per heavy atom. The third kappa shape index (κ3) is 2.36. The van der Waals surface area contributed by atoms with Crippen molar-refractivity contribution in [1.29, 1.82) is 0 Å². The van der Waals surface area contributed by atoms with Crippen molar-refractivity contribution >= 4 is 27.8 Å². The molecule has 1 aliphatic heterocycles. The van der Waals surface area contributed by atoms with Gasteiger partial charge in [-0.2, -0.15) is 0 Å². The quantitative estimate of drug-likeness (QED) is 0.902. The van der Waals surface area contributed by atoms with Crippen LogP contribution in [0.4, 0.5) is 0 Å². The maximum absolute atomic E-state index is 12.4. The maximum Gasteiger partial charge on any atom is 0.311 e. The molecule has 1 fully saturated rings. The molecule has 102 valence electrons. The monoisotopic (exact) mass is 326 g/mol. The average Bonchev–Trinajstić information content (AvgIpc) is 2.67. The fourth-order valence-corrected chi connectivity index (χ4v) is 2.72. The highest BCUT2D eigenvalue weighted by atomic mass is 79.9. The van der Waals surface area contributed by atoms with E-state index in [1.54, 1.807) is 30.3 Å². The van der Waals surface area contributed by atoms with E-state index in [4.69, 9.17) is 0 Å². The summed E-state index contributed by atoms with van der Waals surface area (Å²) in [5.41, 5.74) is -0.369. The molecule has 0 aromatic carbocycles. The van der Waals surface area contributed by atoms with Crippen molar-refractivity contribution in [2.24, 2.45) is 11.3 Å². The van der Waals surface area contributed by atoms with E-state index < -0.39 is 11.4 Å². The van der Waals surface area contributed by atoms with E-state index >= 15 is 0 Å². The van der Waals surface area contributed by atoms with Crippen LogP contribution in [-0.4, -0.2) is 40.0 Å². The lowest BCUT2D eigenvalue weighted by Gasteiger charge is -2.22. The second kappa shape index (κ2) is 4.92. The van der Waals surface area contributed by atoms with Gasteiger partial charge in [-0.25, -0.2) is 0 Å². The molecule has 1 aromatic rings. The Balaban J connectivity index is 2.24. The van der Waals surface area contributed by atoms with Crippen LogP contribution in [0.15, 0.2) is 22.9 Å². The second-order valence-corrected chi connectivity index (χ2v) is 6.02. The minimum atomic E-state index is -0.880. The Bertz CT molecular complexity index is 534. The number of pyridine rings is 1. The normalized spacial score (nSPS) is 26.5. The number of hydrogen-bond donors (Lipinski definition) is 1. The van der Waals surface area contributed by atoms with Gasteiger partial charge in [-0.1, -0.05) is 6.92 Å². The molecular formula is C13H15BrN2O3. The summed E-state index contributed by atoms with van der Waals surface area (Å²) < 4.78 is 0.622. The molecule has 0 unspecified atom stereocenters. The van der Waals surface area contributed by atoms with Gasteiger partial charge in [0, 0.05) is 30.0 Å². The van der Waals surface area contributed by atoms with Gasteiger partial charge in [0.2, 0.25) is 0 Å². The van der Waals surface area contributed by atoms with Gasteiger partial charge in [-0.05, 0) is 34.8 Å². The molecule has 1 aliphatic rings. The zero-order chi connectivity index (χ0) is 14.2. The summed E-state index contributed by atoms with van der Waals surface area (Å²) in [5.74, 6) is -1.09. The minimum absolute atomic E-state index is 0.0745. The molecule has 0 spiro atoms. The number of aromatic nitrogens is 1. The Kier molecular flexibility index (Phi) is 3.62. The number of halogens is 1. The molecule has 0 radical (unpaired) electrons. The standard InChI is InChI=1S/C13H15BrN2O3/c1-8-6-16(7-13(8,2)12(18)19)11(17)9-3-4-15-5-10(9)14/h3-5,8H,6-7H2,1-2H3,(H,18,19)/t8-,13-/m1/s1. The van der Waals surface area contributed by atoms with Gasteiger partial charge >= 0.3 is 5.97 Å². The molecule has 2 heterocycles. The molecule has 1 amide bonds. The lowest BCUT2D eigenvalue weighted by molar-refractivity contribution is -0.148. The first-order valence-corrected chi connectivity index (χ1v) is 6.77. The van der Waals surface area contributed by atoms with Crippen LogP contribution < -0.4 is 0 Å². The zero-order valence-corrected chi connectivity index (χ0v) is 12.3. The summed E-state index contributed by atoms with van der Waals surface area (Å²) >= 11 is 3.29. The highest BCUT2D eigenvalue weighted by Gasteiger charge is 2.48. The van der Waals surface area contributed by atoms with Crippen LogP contribution in [0.2, 0.25) is 0 Å². The van der Waals surface area contributed by atoms with Gasteiger partial charge in [-0.15, -0.1) is 0 Å². The SMILES string of the molecule is C[C@@H]1CN(C(=O)c2ccncc2Br)C[C@@]1(C)C(=O)O. The summed E-state index contributed by atoms with van der Waals surface area (Å²) in [6.45, 7) is 4.24. The third-order valence-electron chi connectivity index (χ3n) is 3.88. The van der Waals surface area contributed by atoms with Crippen LogP contribution in [0.25, 0.3) is 0 Å². The fourth-order valence-electron chi connectivity index (χ4n) is 2.30. The van der Waals surface area contributed by atoms with E-state index in [0.717, 1.165) is 0 Å². The van der Waals surface area contributed by atoms with Gasteiger partial charge in [0.15, 0.2) is 0 Å². The van der Waals surface area contributed by atoms with Crippen molar-refractivity contribution in [1.82, 2.24) is 9.88 Å². The summed E-state index contributed by atoms with van der Waals surface area (Å²) in [6.07, 6.45) is 3.11. The van der Waals surface area contributed by atoms with Crippen LogP contribution in [0.3, 0.4) is 0 Å². The van der Waals surface area contributed by atoms with E-state index in [9.17, 15) is 14.7 Å². The lowest BCUT2D eigenvalue weighted by Crippen LogP contribution is -2.36. The molecule has 0 saturated carbocycles. The smallest absolute Gasteiger partial charge is 0.311 e. The molecule has 6 heteroatoms. The third-order valence-corrected chi connectivity index (χ3v) is 4.51. The number of carbonyl (C=O) groups is 2. The van der Waals surface area contributed by atoms with Crippen LogP contribution in [-0.2, 0) is 4.79 Å². The van der Waals surface area contributed by atoms with Crippen LogP contribution in [0.5, 0.6) is 0 Å². The predicted octanol–water partition coefficient (Wildman–Crippen LogP) is 2.03. The van der Waals surface area contributed by atoms with Gasteiger partial charge in [-0.3, -0.25) is 14.6 Å². The van der Waals surface area contributed by atoms with E-state index in [1.165, 1.54) is 0 Å². The molecule has 2 atom stereocenters. The number of carboxylic acid groups (broad SMARTS) is 1. The molecule has 1 aromatic heterocycles. The zero-order valence-electron chi connectivity index (χ0n) is 10.8. The number of carbonyl (C=O) groups excluding carboxylic acids is 1. The van der Waals surface area contributed by atoms with E-state index in [1.807, 2.05) is 6.92 Å². The van der Waals surface area contributed by atoms with Crippen molar-refractivity contribution in [2.45, 2.75) is 13.8 Å². The number of likely N-dealkylation sites (tertiary alicyclic amines) is 1. The van der Waals surface area contributed by atoms with Crippen molar-refractivity contribution in [2.75, 3.05) is 13.1 Å². The molecule has 0 aliphatic carbocycles. The minimum Gasteiger partial charge on any atom is -0.481 e. The molecule has 19 heavy (non-hydrogen) atoms. The fraction of sp³-hybridized carbons (Fsp3) is 0.462. The van der Waals surface area contributed by atoms with E-state index in [0.29, 0.717) is 16.6 Å². The summed E-state index contributed by atoms with van der Waals surface area (Å²) in [4.78, 5) is 29.3. The molecular weight excluding hydrogens is 312 g/mol. The summed E-state index contributed by atoms with van der Waals surface area (Å²) in [6, 6.07) is 1.63. The van der Waals surface area contributed by atoms with Gasteiger partial charge in [0.25, 0.3) is 5.91 Å². The van der Waals surface area contributed by atoms with Crippen LogP contribution in [0, 0.1) is 11.3 Å². The Hall–Kier alpha value is -1.43. The Labute approximate surface area is 119 Å². The molecule has 5 nitrogen and oxygen atoms in total. The average molecular weight is 327 g/mol. The molecule has 2 rings (SSSR count). The summed E-state index contributed by atoms with van der Waals surface area (Å²) in [7, 11) is 0. The Morgan fingerprint density at radius 3 is 2.79 bits per heavy atom. The van der Waals surface area contributed by atoms with Crippen molar-refractivity contribution in [3.8, 4) is 0 Å². The number of amides is 1. The van der Waals surface area contributed by atoms with E-state index in [-0.39, 0.29) is 18.4 Å². The molecule has 1 saturated heterocycles. The van der Waals surface area contributed by atoms with Gasteiger partial charge in [0.1, 0.15) is 0 Å². The number of rotatable bonds is 2. The van der Waals surface area contributed by atoms with Gasteiger partial charge in [0.05, 0.1) is 11.0 Å². The van der Waals surface area contributed by atoms with Crippen molar-refractivity contribution in [3.05, 3.63) is 28.5 Å². The number of carboxylic acids is 1. The predicted molar refractivity (Wildman–Crippen MR) is 72.7 cm³/mol. The number of hydrogen-bond acceptors (Lipinski definition) is 3. The van der Waals surface area contributed by atoms with E-state index in [2.05, 4.69) is 20.9 Å². The summed E-state index contributed by atoms with van der Waals surface area (Å²) in [5, 5.41) is 9.31. The highest BCUT2D eigenvalue weighted by molar-refractivity contribution is 9.10. The lowest BCUT2D eigenvalue weighted by atomic mass is 9.81. The Morgan fingerprint density at radius 1 is 1.58 bits per heavy atom. The topological polar surface area (TPSA) is 70.5 Å². The van der Waals surface area contributed by atoms with Gasteiger partial charge < -0.3 is 10.0 Å². The highest BCUT2D eigenvalue weighted by Crippen LogP contribution is 2.36. The molecule has 1 N–H and O–H groups in total. The first-order chi connectivity index (χ1) is 8.86. The van der Waals surface area contributed by atoms with Crippen LogP contribution >= 0.6 is 15.9 Å². The van der Waals surface area contributed by atoms with Crippen LogP contribution in [0.1, 0.15) is 24.2 Å². The number of nitrogens with zero attached hydrogens (tertiary/aromatic N) is 2. The maximum atomic E-state index is 12.4.